The molecule has 1 aliphatic heterocycles. The van der Waals surface area contributed by atoms with Gasteiger partial charge in [-0.15, -0.1) is 0 Å². The second-order valence-electron chi connectivity index (χ2n) is 7.29. The zero-order valence-corrected chi connectivity index (χ0v) is 16.7. The summed E-state index contributed by atoms with van der Waals surface area (Å²) in [7, 11) is 0. The largest absolute Gasteiger partial charge is 0.372 e. The standard InChI is InChI=1S/C19H20Cl2N4O2/c1-19(2)12-24(8-9-27-19)15-10-16(26)25-7-6-23(18(25)22-15)11-13-4-3-5-14(20)17(13)21/h3-7,10H,8-9,11-12H2,1-2H3. The zero-order chi connectivity index (χ0) is 19.2. The maximum absolute atomic E-state index is 12.6. The lowest BCUT2D eigenvalue weighted by atomic mass is 10.1. The van der Waals surface area contributed by atoms with E-state index in [0.29, 0.717) is 47.9 Å². The van der Waals surface area contributed by atoms with E-state index in [9.17, 15) is 4.79 Å². The Bertz CT molecular complexity index is 1060. The quantitative estimate of drug-likeness (QED) is 0.667. The fourth-order valence-corrected chi connectivity index (χ4v) is 3.76. The predicted octanol–water partition coefficient (Wildman–Crippen LogP) is 3.47. The van der Waals surface area contributed by atoms with Crippen molar-refractivity contribution in [3.05, 3.63) is 62.6 Å². The van der Waals surface area contributed by atoms with Gasteiger partial charge in [0, 0.05) is 31.5 Å². The van der Waals surface area contributed by atoms with Crippen molar-refractivity contribution >= 4 is 34.8 Å². The highest BCUT2D eigenvalue weighted by Gasteiger charge is 2.28. The molecule has 3 aromatic rings. The summed E-state index contributed by atoms with van der Waals surface area (Å²) in [6.07, 6.45) is 3.55. The molecule has 1 aromatic carbocycles. The van der Waals surface area contributed by atoms with E-state index in [1.807, 2.05) is 36.7 Å². The molecule has 0 saturated carbocycles. The minimum atomic E-state index is -0.276. The molecule has 0 amide bonds. The van der Waals surface area contributed by atoms with Crippen LogP contribution in [0.15, 0.2) is 41.5 Å². The van der Waals surface area contributed by atoms with Gasteiger partial charge in [-0.05, 0) is 25.5 Å². The number of rotatable bonds is 3. The van der Waals surface area contributed by atoms with Crippen LogP contribution in [0.4, 0.5) is 5.82 Å². The second-order valence-corrected chi connectivity index (χ2v) is 8.08. The molecule has 6 nitrogen and oxygen atoms in total. The highest BCUT2D eigenvalue weighted by Crippen LogP contribution is 2.27. The van der Waals surface area contributed by atoms with Gasteiger partial charge in [-0.2, -0.15) is 4.98 Å². The summed E-state index contributed by atoms with van der Waals surface area (Å²) in [5.41, 5.74) is 0.478. The van der Waals surface area contributed by atoms with E-state index >= 15 is 0 Å². The van der Waals surface area contributed by atoms with Crippen molar-refractivity contribution in [2.45, 2.75) is 26.0 Å². The van der Waals surface area contributed by atoms with Crippen LogP contribution in [0.5, 0.6) is 0 Å². The van der Waals surface area contributed by atoms with Gasteiger partial charge < -0.3 is 14.2 Å². The maximum atomic E-state index is 12.6. The maximum Gasteiger partial charge on any atom is 0.261 e. The summed E-state index contributed by atoms with van der Waals surface area (Å²) in [6, 6.07) is 7.10. The first kappa shape index (κ1) is 18.3. The number of halogens is 2. The number of nitrogens with zero attached hydrogens (tertiary/aromatic N) is 4. The van der Waals surface area contributed by atoms with Crippen molar-refractivity contribution in [3.8, 4) is 0 Å². The summed E-state index contributed by atoms with van der Waals surface area (Å²) < 4.78 is 9.19. The van der Waals surface area contributed by atoms with E-state index < -0.39 is 0 Å². The third-order valence-electron chi connectivity index (χ3n) is 4.69. The molecule has 0 N–H and O–H groups in total. The predicted molar refractivity (Wildman–Crippen MR) is 107 cm³/mol. The van der Waals surface area contributed by atoms with Gasteiger partial charge in [0.05, 0.1) is 28.8 Å². The Morgan fingerprint density at radius 2 is 2.07 bits per heavy atom. The highest BCUT2D eigenvalue weighted by molar-refractivity contribution is 6.42. The normalized spacial score (nSPS) is 16.8. The minimum absolute atomic E-state index is 0.116. The molecular weight excluding hydrogens is 387 g/mol. The van der Waals surface area contributed by atoms with Gasteiger partial charge in [0.15, 0.2) is 0 Å². The highest BCUT2D eigenvalue weighted by atomic mass is 35.5. The molecule has 2 aromatic heterocycles. The average Bonchev–Trinajstić information content (AvgIpc) is 3.01. The Balaban J connectivity index is 1.74. The van der Waals surface area contributed by atoms with Gasteiger partial charge in [0.25, 0.3) is 5.56 Å². The minimum Gasteiger partial charge on any atom is -0.372 e. The molecule has 0 atom stereocenters. The molecule has 3 heterocycles. The molecule has 4 rings (SSSR count). The van der Waals surface area contributed by atoms with Gasteiger partial charge in [-0.25, -0.2) is 0 Å². The van der Waals surface area contributed by atoms with Gasteiger partial charge >= 0.3 is 0 Å². The monoisotopic (exact) mass is 406 g/mol. The molecule has 27 heavy (non-hydrogen) atoms. The van der Waals surface area contributed by atoms with Crippen LogP contribution < -0.4 is 10.5 Å². The number of anilines is 1. The van der Waals surface area contributed by atoms with Crippen molar-refractivity contribution in [1.82, 2.24) is 14.0 Å². The summed E-state index contributed by atoms with van der Waals surface area (Å²) in [5.74, 6) is 1.23. The molecule has 1 aliphatic rings. The summed E-state index contributed by atoms with van der Waals surface area (Å²) >= 11 is 12.4. The number of ether oxygens (including phenoxy) is 1. The zero-order valence-electron chi connectivity index (χ0n) is 15.2. The van der Waals surface area contributed by atoms with Crippen LogP contribution in [0.1, 0.15) is 19.4 Å². The average molecular weight is 407 g/mol. The molecule has 1 saturated heterocycles. The number of aromatic nitrogens is 3. The van der Waals surface area contributed by atoms with Crippen LogP contribution in [0.3, 0.4) is 0 Å². The smallest absolute Gasteiger partial charge is 0.261 e. The number of hydrogen-bond donors (Lipinski definition) is 0. The van der Waals surface area contributed by atoms with Gasteiger partial charge in [0.2, 0.25) is 5.78 Å². The molecule has 0 unspecified atom stereocenters. The molecule has 142 valence electrons. The first-order chi connectivity index (χ1) is 12.8. The molecule has 0 bridgehead atoms. The van der Waals surface area contributed by atoms with Gasteiger partial charge in [0.1, 0.15) is 5.82 Å². The van der Waals surface area contributed by atoms with Crippen LogP contribution in [-0.4, -0.2) is 39.2 Å². The number of fused-ring (bicyclic) bond motifs is 1. The molecule has 1 fully saturated rings. The number of imidazole rings is 1. The Morgan fingerprint density at radius 1 is 1.26 bits per heavy atom. The fraction of sp³-hybridized carbons (Fsp3) is 0.368. The van der Waals surface area contributed by atoms with Crippen molar-refractivity contribution in [2.75, 3.05) is 24.6 Å². The third kappa shape index (κ3) is 3.57. The number of benzene rings is 1. The van der Waals surface area contributed by atoms with Crippen molar-refractivity contribution < 1.29 is 4.74 Å². The first-order valence-electron chi connectivity index (χ1n) is 8.74. The van der Waals surface area contributed by atoms with Crippen LogP contribution >= 0.6 is 23.2 Å². The van der Waals surface area contributed by atoms with E-state index in [4.69, 9.17) is 32.9 Å². The molecular formula is C19H20Cl2N4O2. The van der Waals surface area contributed by atoms with Crippen molar-refractivity contribution in [2.24, 2.45) is 0 Å². The lowest BCUT2D eigenvalue weighted by Crippen LogP contribution is -2.49. The van der Waals surface area contributed by atoms with Crippen LogP contribution in [-0.2, 0) is 11.3 Å². The third-order valence-corrected chi connectivity index (χ3v) is 5.55. The first-order valence-corrected chi connectivity index (χ1v) is 9.50. The number of morpholine rings is 1. The van der Waals surface area contributed by atoms with E-state index in [1.165, 1.54) is 4.40 Å². The molecule has 8 heteroatoms. The van der Waals surface area contributed by atoms with E-state index in [0.717, 1.165) is 5.56 Å². The lowest BCUT2D eigenvalue weighted by molar-refractivity contribution is -0.0279. The van der Waals surface area contributed by atoms with E-state index in [2.05, 4.69) is 4.90 Å². The Hall–Kier alpha value is -2.02. The Morgan fingerprint density at radius 3 is 2.85 bits per heavy atom. The van der Waals surface area contributed by atoms with Crippen molar-refractivity contribution in [3.63, 3.8) is 0 Å². The van der Waals surface area contributed by atoms with Crippen LogP contribution in [0.2, 0.25) is 10.0 Å². The van der Waals surface area contributed by atoms with Crippen molar-refractivity contribution in [1.29, 1.82) is 0 Å². The Labute approximate surface area is 166 Å². The second kappa shape index (κ2) is 6.86. The summed E-state index contributed by atoms with van der Waals surface area (Å²) in [6.45, 7) is 6.53. The van der Waals surface area contributed by atoms with Crippen LogP contribution in [0, 0.1) is 0 Å². The van der Waals surface area contributed by atoms with Gasteiger partial charge in [-0.1, -0.05) is 35.3 Å². The lowest BCUT2D eigenvalue weighted by Gasteiger charge is -2.38. The van der Waals surface area contributed by atoms with Gasteiger partial charge in [-0.3, -0.25) is 9.20 Å². The Kier molecular flexibility index (Phi) is 4.66. The van der Waals surface area contributed by atoms with Crippen LogP contribution in [0.25, 0.3) is 5.78 Å². The molecule has 0 radical (unpaired) electrons. The summed E-state index contributed by atoms with van der Waals surface area (Å²) in [5, 5.41) is 1.02. The fourth-order valence-electron chi connectivity index (χ4n) is 3.38. The van der Waals surface area contributed by atoms with E-state index in [1.54, 1.807) is 18.3 Å². The van der Waals surface area contributed by atoms with E-state index in [-0.39, 0.29) is 11.2 Å². The number of hydrogen-bond acceptors (Lipinski definition) is 4. The molecule has 0 spiro atoms. The SMILES string of the molecule is CC1(C)CN(c2cc(=O)n3ccn(Cc4cccc(Cl)c4Cl)c3n2)CCO1. The molecule has 0 aliphatic carbocycles. The topological polar surface area (TPSA) is 51.8 Å². The summed E-state index contributed by atoms with van der Waals surface area (Å²) in [4.78, 5) is 19.4.